The van der Waals surface area contributed by atoms with E-state index in [0.717, 1.165) is 19.3 Å². The number of aliphatic hydroxyl groups excluding tert-OH is 2. The molecule has 2 N–H and O–H groups in total. The fourth-order valence-electron chi connectivity index (χ4n) is 3.15. The monoisotopic (exact) mass is 338 g/mol. The van der Waals surface area contributed by atoms with Crippen LogP contribution in [0.5, 0.6) is 0 Å². The summed E-state index contributed by atoms with van der Waals surface area (Å²) in [7, 11) is 1.50. The van der Waals surface area contributed by atoms with Crippen molar-refractivity contribution < 1.29 is 19.8 Å². The molecule has 1 heterocycles. The molecule has 0 bridgehead atoms. The van der Waals surface area contributed by atoms with Crippen LogP contribution in [0.4, 0.5) is 0 Å². The quantitative estimate of drug-likeness (QED) is 0.253. The van der Waals surface area contributed by atoms with Gasteiger partial charge in [-0.25, -0.2) is 0 Å². The average Bonchev–Trinajstić information content (AvgIpc) is 2.58. The summed E-state index contributed by atoms with van der Waals surface area (Å²) >= 11 is 0. The van der Waals surface area contributed by atoms with Gasteiger partial charge in [-0.15, -0.1) is 0 Å². The minimum absolute atomic E-state index is 0.0313. The van der Waals surface area contributed by atoms with Gasteiger partial charge in [-0.1, -0.05) is 28.9 Å². The van der Waals surface area contributed by atoms with E-state index < -0.39 is 24.5 Å². The van der Waals surface area contributed by atoms with Gasteiger partial charge in [0.2, 0.25) is 0 Å². The number of azide groups is 1. The van der Waals surface area contributed by atoms with Crippen molar-refractivity contribution in [1.82, 2.24) is 5.06 Å². The van der Waals surface area contributed by atoms with Gasteiger partial charge in [0.1, 0.15) is 6.10 Å². The highest BCUT2D eigenvalue weighted by atomic mass is 16.7. The Bertz CT molecular complexity index is 532. The van der Waals surface area contributed by atoms with Gasteiger partial charge < -0.3 is 14.9 Å². The van der Waals surface area contributed by atoms with Crippen LogP contribution in [-0.2, 0) is 9.57 Å². The van der Waals surface area contributed by atoms with Crippen LogP contribution in [0.1, 0.15) is 26.2 Å². The van der Waals surface area contributed by atoms with E-state index in [-0.39, 0.29) is 6.61 Å². The highest BCUT2D eigenvalue weighted by Crippen LogP contribution is 2.29. The summed E-state index contributed by atoms with van der Waals surface area (Å²) in [6, 6.07) is -0.801. The van der Waals surface area contributed by atoms with Gasteiger partial charge in [0.15, 0.2) is 6.23 Å². The lowest BCUT2D eigenvalue weighted by Gasteiger charge is -2.40. The first-order valence-corrected chi connectivity index (χ1v) is 8.14. The SMILES string of the molecule is C=C(C)[C@@H]1CC=C(CN(OC)C2OC[C@@H](N=[N+]=[N-])[C@H](O)[C@H]2O)CC1. The topological polar surface area (TPSA) is 111 Å². The summed E-state index contributed by atoms with van der Waals surface area (Å²) in [5.41, 5.74) is 10.9. The molecule has 1 saturated heterocycles. The van der Waals surface area contributed by atoms with Crippen LogP contribution >= 0.6 is 0 Å². The number of rotatable bonds is 6. The zero-order chi connectivity index (χ0) is 17.7. The molecule has 1 unspecified atom stereocenters. The molecule has 1 aliphatic heterocycles. The van der Waals surface area contributed by atoms with E-state index in [1.54, 1.807) is 0 Å². The van der Waals surface area contributed by atoms with E-state index in [0.29, 0.717) is 12.5 Å². The summed E-state index contributed by atoms with van der Waals surface area (Å²) in [6.07, 6.45) is 1.90. The molecule has 0 spiro atoms. The standard InChI is InChI=1S/C16H26N4O4/c1-10(2)12-6-4-11(5-7-12)8-20(23-3)16-15(22)14(21)13(9-24-16)18-19-17/h4,12-16,21-22H,1,5-9H2,2-3H3/t12-,13-,14+,15-,16?/m1/s1. The van der Waals surface area contributed by atoms with Gasteiger partial charge in [-0.05, 0) is 37.6 Å². The first kappa shape index (κ1) is 18.9. The molecule has 0 aromatic rings. The maximum atomic E-state index is 10.3. The van der Waals surface area contributed by atoms with Crippen molar-refractivity contribution in [3.05, 3.63) is 34.2 Å². The van der Waals surface area contributed by atoms with Gasteiger partial charge >= 0.3 is 0 Å². The molecule has 1 aliphatic carbocycles. The van der Waals surface area contributed by atoms with Crippen molar-refractivity contribution in [2.45, 2.75) is 50.7 Å². The van der Waals surface area contributed by atoms with E-state index in [9.17, 15) is 10.2 Å². The van der Waals surface area contributed by atoms with Gasteiger partial charge in [-0.3, -0.25) is 4.84 Å². The second kappa shape index (κ2) is 8.62. The normalized spacial score (nSPS) is 33.7. The number of hydroxylamine groups is 2. The lowest BCUT2D eigenvalue weighted by atomic mass is 9.85. The Balaban J connectivity index is 1.99. The third-order valence-electron chi connectivity index (χ3n) is 4.75. The predicted molar refractivity (Wildman–Crippen MR) is 88.6 cm³/mol. The molecule has 2 rings (SSSR count). The second-order valence-electron chi connectivity index (χ2n) is 6.42. The number of nitrogens with zero attached hydrogens (tertiary/aromatic N) is 4. The van der Waals surface area contributed by atoms with E-state index in [1.165, 1.54) is 23.3 Å². The van der Waals surface area contributed by atoms with Gasteiger partial charge in [0.25, 0.3) is 0 Å². The van der Waals surface area contributed by atoms with E-state index in [1.807, 2.05) is 0 Å². The minimum atomic E-state index is -1.22. The van der Waals surface area contributed by atoms with Gasteiger partial charge in [-0.2, -0.15) is 5.06 Å². The van der Waals surface area contributed by atoms with Crippen molar-refractivity contribution in [2.75, 3.05) is 20.3 Å². The lowest BCUT2D eigenvalue weighted by molar-refractivity contribution is -0.289. The van der Waals surface area contributed by atoms with E-state index >= 15 is 0 Å². The summed E-state index contributed by atoms with van der Waals surface area (Å²) in [5.74, 6) is 0.521. The Kier molecular flexibility index (Phi) is 6.79. The summed E-state index contributed by atoms with van der Waals surface area (Å²) in [6.45, 7) is 6.59. The minimum Gasteiger partial charge on any atom is -0.390 e. The van der Waals surface area contributed by atoms with E-state index in [2.05, 4.69) is 29.6 Å². The van der Waals surface area contributed by atoms with Crippen molar-refractivity contribution in [2.24, 2.45) is 11.0 Å². The fourth-order valence-corrected chi connectivity index (χ4v) is 3.15. The first-order chi connectivity index (χ1) is 11.5. The number of aliphatic hydroxyl groups is 2. The molecule has 2 aliphatic rings. The fraction of sp³-hybridized carbons (Fsp3) is 0.750. The Morgan fingerprint density at radius 2 is 2.29 bits per heavy atom. The molecule has 1 fully saturated rings. The maximum Gasteiger partial charge on any atom is 0.161 e. The molecule has 0 amide bonds. The Labute approximate surface area is 141 Å². The number of allylic oxidation sites excluding steroid dienone is 2. The lowest BCUT2D eigenvalue weighted by Crippen LogP contribution is -2.58. The Morgan fingerprint density at radius 3 is 2.83 bits per heavy atom. The molecule has 8 nitrogen and oxygen atoms in total. The van der Waals surface area contributed by atoms with Crippen molar-refractivity contribution in [3.8, 4) is 0 Å². The van der Waals surface area contributed by atoms with Crippen LogP contribution in [0.3, 0.4) is 0 Å². The molecule has 24 heavy (non-hydrogen) atoms. The van der Waals surface area contributed by atoms with Crippen molar-refractivity contribution in [1.29, 1.82) is 0 Å². The zero-order valence-electron chi connectivity index (χ0n) is 14.2. The first-order valence-electron chi connectivity index (χ1n) is 8.14. The highest BCUT2D eigenvalue weighted by molar-refractivity contribution is 5.13. The van der Waals surface area contributed by atoms with Crippen LogP contribution in [0, 0.1) is 5.92 Å². The number of ether oxygens (including phenoxy) is 1. The molecule has 5 atom stereocenters. The second-order valence-corrected chi connectivity index (χ2v) is 6.42. The van der Waals surface area contributed by atoms with Crippen molar-refractivity contribution in [3.63, 3.8) is 0 Å². The third kappa shape index (κ3) is 4.36. The number of hydrogen-bond donors (Lipinski definition) is 2. The Morgan fingerprint density at radius 1 is 1.54 bits per heavy atom. The van der Waals surface area contributed by atoms with Crippen LogP contribution in [0.25, 0.3) is 10.4 Å². The molecule has 0 radical (unpaired) electrons. The Hall–Kier alpha value is -1.41. The smallest absolute Gasteiger partial charge is 0.161 e. The summed E-state index contributed by atoms with van der Waals surface area (Å²) < 4.78 is 5.56. The van der Waals surface area contributed by atoms with Crippen LogP contribution in [0.15, 0.2) is 28.9 Å². The van der Waals surface area contributed by atoms with Gasteiger partial charge in [0.05, 0.1) is 25.9 Å². The molecular weight excluding hydrogens is 312 g/mol. The van der Waals surface area contributed by atoms with Crippen LogP contribution in [0.2, 0.25) is 0 Å². The third-order valence-corrected chi connectivity index (χ3v) is 4.75. The predicted octanol–water partition coefficient (Wildman–Crippen LogP) is 1.91. The van der Waals surface area contributed by atoms with E-state index in [4.69, 9.17) is 15.1 Å². The van der Waals surface area contributed by atoms with Crippen molar-refractivity contribution >= 4 is 0 Å². The molecule has 0 saturated carbocycles. The number of hydrogen-bond acceptors (Lipinski definition) is 6. The van der Waals surface area contributed by atoms with Gasteiger partial charge in [0, 0.05) is 11.5 Å². The molecule has 8 heteroatoms. The molecule has 0 aromatic carbocycles. The summed E-state index contributed by atoms with van der Waals surface area (Å²) in [4.78, 5) is 8.02. The largest absolute Gasteiger partial charge is 0.390 e. The maximum absolute atomic E-state index is 10.3. The average molecular weight is 338 g/mol. The molecule has 0 aromatic heterocycles. The highest BCUT2D eigenvalue weighted by Gasteiger charge is 2.41. The molecular formula is C16H26N4O4. The van der Waals surface area contributed by atoms with Crippen LogP contribution in [-0.4, -0.2) is 60.0 Å². The van der Waals surface area contributed by atoms with Crippen LogP contribution < -0.4 is 0 Å². The summed E-state index contributed by atoms with van der Waals surface area (Å²) in [5, 5.41) is 25.3. The molecule has 134 valence electrons. The zero-order valence-corrected chi connectivity index (χ0v) is 14.2.